The molecule has 0 aromatic heterocycles. The molecule has 0 N–H and O–H groups in total. The number of nitrogens with zero attached hydrogens (tertiary/aromatic N) is 3. The smallest absolute Gasteiger partial charge is 0.263 e. The van der Waals surface area contributed by atoms with Gasteiger partial charge in [-0.25, -0.2) is 0 Å². The van der Waals surface area contributed by atoms with Crippen LogP contribution < -0.4 is 4.90 Å². The van der Waals surface area contributed by atoms with Gasteiger partial charge in [0.2, 0.25) is 0 Å². The van der Waals surface area contributed by atoms with Gasteiger partial charge < -0.3 is 9.64 Å². The van der Waals surface area contributed by atoms with Crippen molar-refractivity contribution < 1.29 is 14.3 Å². The van der Waals surface area contributed by atoms with Crippen LogP contribution in [0.1, 0.15) is 39.1 Å². The Morgan fingerprint density at radius 2 is 1.75 bits per heavy atom. The van der Waals surface area contributed by atoms with Gasteiger partial charge in [-0.1, -0.05) is 48.6 Å². The van der Waals surface area contributed by atoms with Crippen molar-refractivity contribution >= 4 is 23.6 Å². The van der Waals surface area contributed by atoms with E-state index < -0.39 is 0 Å². The van der Waals surface area contributed by atoms with Crippen molar-refractivity contribution in [3.63, 3.8) is 0 Å². The van der Waals surface area contributed by atoms with Gasteiger partial charge in [-0.15, -0.1) is 0 Å². The van der Waals surface area contributed by atoms with E-state index >= 15 is 0 Å². The third kappa shape index (κ3) is 4.20. The zero-order chi connectivity index (χ0) is 21.9. The third-order valence-corrected chi connectivity index (χ3v) is 6.57. The molecule has 2 aromatic carbocycles. The largest absolute Gasteiger partial charge is 0.376 e. The minimum absolute atomic E-state index is 0.0341. The van der Waals surface area contributed by atoms with Crippen molar-refractivity contribution in [1.82, 2.24) is 9.80 Å². The van der Waals surface area contributed by atoms with Crippen LogP contribution in [0.4, 0.5) is 5.69 Å². The summed E-state index contributed by atoms with van der Waals surface area (Å²) in [5.74, 6) is -0.364. The van der Waals surface area contributed by atoms with Crippen LogP contribution in [0.5, 0.6) is 0 Å². The van der Waals surface area contributed by atoms with Gasteiger partial charge in [0.1, 0.15) is 0 Å². The van der Waals surface area contributed by atoms with E-state index in [9.17, 15) is 9.59 Å². The van der Waals surface area contributed by atoms with E-state index in [1.165, 1.54) is 10.5 Å². The first kappa shape index (κ1) is 20.9. The Morgan fingerprint density at radius 1 is 0.938 bits per heavy atom. The second kappa shape index (κ2) is 9.27. The minimum Gasteiger partial charge on any atom is -0.376 e. The maximum atomic E-state index is 13.2. The molecule has 3 aliphatic heterocycles. The van der Waals surface area contributed by atoms with Gasteiger partial charge in [0, 0.05) is 39.3 Å². The van der Waals surface area contributed by atoms with E-state index in [0.29, 0.717) is 24.3 Å². The number of ether oxygens (including phenoxy) is 1. The second-order valence-corrected chi connectivity index (χ2v) is 8.66. The quantitative estimate of drug-likeness (QED) is 0.657. The molecular formula is C26H29N3O3. The summed E-state index contributed by atoms with van der Waals surface area (Å²) in [7, 11) is 0. The number of fused-ring (bicyclic) bond motifs is 1. The predicted molar refractivity (Wildman–Crippen MR) is 125 cm³/mol. The lowest BCUT2D eigenvalue weighted by Gasteiger charge is -2.36. The van der Waals surface area contributed by atoms with E-state index in [1.54, 1.807) is 6.07 Å². The Morgan fingerprint density at radius 3 is 2.50 bits per heavy atom. The van der Waals surface area contributed by atoms with E-state index in [4.69, 9.17) is 4.74 Å². The van der Waals surface area contributed by atoms with Crippen LogP contribution in [0, 0.1) is 0 Å². The van der Waals surface area contributed by atoms with Crippen LogP contribution in [0.25, 0.3) is 6.08 Å². The Hall–Kier alpha value is -2.96. The molecule has 3 heterocycles. The van der Waals surface area contributed by atoms with Gasteiger partial charge in [-0.3, -0.25) is 19.4 Å². The zero-order valence-electron chi connectivity index (χ0n) is 18.3. The number of benzene rings is 2. The van der Waals surface area contributed by atoms with Crippen molar-refractivity contribution in [2.75, 3.05) is 50.8 Å². The van der Waals surface area contributed by atoms with Gasteiger partial charge in [-0.2, -0.15) is 0 Å². The first-order valence-electron chi connectivity index (χ1n) is 11.5. The van der Waals surface area contributed by atoms with E-state index in [0.717, 1.165) is 51.3 Å². The molecule has 3 aliphatic rings. The van der Waals surface area contributed by atoms with Gasteiger partial charge >= 0.3 is 0 Å². The summed E-state index contributed by atoms with van der Waals surface area (Å²) in [4.78, 5) is 32.2. The summed E-state index contributed by atoms with van der Waals surface area (Å²) in [6.45, 7) is 5.49. The summed E-state index contributed by atoms with van der Waals surface area (Å²) < 4.78 is 5.66. The van der Waals surface area contributed by atoms with Gasteiger partial charge in [0.15, 0.2) is 0 Å². The molecule has 1 unspecified atom stereocenters. The van der Waals surface area contributed by atoms with Crippen molar-refractivity contribution in [3.05, 3.63) is 71.3 Å². The molecule has 0 saturated carbocycles. The van der Waals surface area contributed by atoms with Crippen LogP contribution in [0.3, 0.4) is 0 Å². The molecule has 6 heteroatoms. The number of hydrogen-bond donors (Lipinski definition) is 0. The molecule has 0 aliphatic carbocycles. The number of hydrogen-bond acceptors (Lipinski definition) is 5. The molecule has 2 fully saturated rings. The lowest BCUT2D eigenvalue weighted by Crippen LogP contribution is -2.46. The first-order valence-corrected chi connectivity index (χ1v) is 11.5. The summed E-state index contributed by atoms with van der Waals surface area (Å²) >= 11 is 0. The van der Waals surface area contributed by atoms with E-state index in [-0.39, 0.29) is 17.9 Å². The number of anilines is 1. The Kier molecular flexibility index (Phi) is 6.06. The number of piperazine rings is 1. The van der Waals surface area contributed by atoms with Crippen molar-refractivity contribution in [2.24, 2.45) is 0 Å². The Labute approximate surface area is 189 Å². The molecule has 5 rings (SSSR count). The molecule has 0 bridgehead atoms. The molecule has 2 amide bonds. The fourth-order valence-electron chi connectivity index (χ4n) is 4.81. The maximum Gasteiger partial charge on any atom is 0.263 e. The summed E-state index contributed by atoms with van der Waals surface area (Å²) in [6, 6.07) is 16.0. The number of imide groups is 1. The molecule has 2 aromatic rings. The van der Waals surface area contributed by atoms with Crippen LogP contribution in [0.15, 0.2) is 54.6 Å². The van der Waals surface area contributed by atoms with Gasteiger partial charge in [0.25, 0.3) is 11.8 Å². The lowest BCUT2D eigenvalue weighted by atomic mass is 10.1. The van der Waals surface area contributed by atoms with Crippen LogP contribution in [-0.4, -0.2) is 73.6 Å². The molecular weight excluding hydrogens is 402 g/mol. The second-order valence-electron chi connectivity index (χ2n) is 8.66. The van der Waals surface area contributed by atoms with Gasteiger partial charge in [-0.05, 0) is 30.5 Å². The predicted octanol–water partition coefficient (Wildman–Crippen LogP) is 3.30. The molecule has 1 atom stereocenters. The topological polar surface area (TPSA) is 53.1 Å². The highest BCUT2D eigenvalue weighted by molar-refractivity contribution is 6.23. The fourth-order valence-corrected chi connectivity index (χ4v) is 4.81. The number of carbonyl (C=O) groups is 2. The standard InChI is InChI=1S/C26H29N3O3/c30-25-22-11-4-12-23(24(22)26(31)29(25)19-21-10-6-18-32-21)28-16-14-27(15-17-28)13-5-9-20-7-2-1-3-8-20/h1-5,7-9,11-12,21H,6,10,13-19H2/b9-5+. The minimum atomic E-state index is -0.188. The van der Waals surface area contributed by atoms with Crippen LogP contribution >= 0.6 is 0 Å². The van der Waals surface area contributed by atoms with Crippen molar-refractivity contribution in [3.8, 4) is 0 Å². The average Bonchev–Trinajstić information content (AvgIpc) is 3.43. The number of rotatable bonds is 6. The SMILES string of the molecule is O=C1c2cccc(N3CCN(C/C=C/c4ccccc4)CC3)c2C(=O)N1CC1CCCO1. The van der Waals surface area contributed by atoms with Crippen LogP contribution in [0.2, 0.25) is 0 Å². The molecule has 2 saturated heterocycles. The monoisotopic (exact) mass is 431 g/mol. The zero-order valence-corrected chi connectivity index (χ0v) is 18.3. The van der Waals surface area contributed by atoms with Crippen molar-refractivity contribution in [1.29, 1.82) is 0 Å². The van der Waals surface area contributed by atoms with Crippen LogP contribution in [-0.2, 0) is 4.74 Å². The Bertz CT molecular complexity index is 1010. The lowest BCUT2D eigenvalue weighted by molar-refractivity contribution is 0.0475. The van der Waals surface area contributed by atoms with E-state index in [1.807, 2.05) is 30.3 Å². The maximum absolute atomic E-state index is 13.2. The normalized spacial score (nSPS) is 21.7. The fraction of sp³-hybridized carbons (Fsp3) is 0.385. The molecule has 166 valence electrons. The number of amides is 2. The summed E-state index contributed by atoms with van der Waals surface area (Å²) in [6.07, 6.45) is 6.22. The van der Waals surface area contributed by atoms with Crippen molar-refractivity contribution in [2.45, 2.75) is 18.9 Å². The number of carbonyl (C=O) groups excluding carboxylic acids is 2. The molecule has 6 nitrogen and oxygen atoms in total. The third-order valence-electron chi connectivity index (χ3n) is 6.57. The summed E-state index contributed by atoms with van der Waals surface area (Å²) in [5, 5.41) is 0. The highest BCUT2D eigenvalue weighted by Crippen LogP contribution is 2.33. The van der Waals surface area contributed by atoms with E-state index in [2.05, 4.69) is 34.1 Å². The molecule has 0 spiro atoms. The highest BCUT2D eigenvalue weighted by atomic mass is 16.5. The molecule has 32 heavy (non-hydrogen) atoms. The first-order chi connectivity index (χ1) is 15.7. The molecule has 0 radical (unpaired) electrons. The van der Waals surface area contributed by atoms with Gasteiger partial charge in [0.05, 0.1) is 29.5 Å². The Balaban J connectivity index is 1.23. The highest BCUT2D eigenvalue weighted by Gasteiger charge is 2.40. The summed E-state index contributed by atoms with van der Waals surface area (Å²) in [5.41, 5.74) is 3.18. The average molecular weight is 432 g/mol.